The van der Waals surface area contributed by atoms with Crippen LogP contribution in [0.3, 0.4) is 0 Å². The molecule has 0 radical (unpaired) electrons. The lowest BCUT2D eigenvalue weighted by Gasteiger charge is -2.29. The molecule has 0 spiro atoms. The number of hydrogen-bond acceptors (Lipinski definition) is 3. The number of furan rings is 1. The average molecular weight is 318 g/mol. The van der Waals surface area contributed by atoms with E-state index in [0.29, 0.717) is 30.1 Å². The van der Waals surface area contributed by atoms with E-state index in [-0.39, 0.29) is 12.1 Å². The van der Waals surface area contributed by atoms with E-state index in [9.17, 15) is 9.90 Å². The van der Waals surface area contributed by atoms with Crippen LogP contribution in [0.4, 0.5) is 4.79 Å². The predicted octanol–water partition coefficient (Wildman–Crippen LogP) is 3.07. The lowest BCUT2D eigenvalue weighted by atomic mass is 10.1. The van der Waals surface area contributed by atoms with E-state index in [0.717, 1.165) is 19.4 Å². The molecule has 0 unspecified atom stereocenters. The molecular weight excluding hydrogens is 292 g/mol. The molecular formula is C18H26N2O3. The lowest BCUT2D eigenvalue weighted by Crippen LogP contribution is -2.48. The first-order valence-electron chi connectivity index (χ1n) is 9.01. The van der Waals surface area contributed by atoms with E-state index < -0.39 is 6.10 Å². The van der Waals surface area contributed by atoms with Crippen LogP contribution < -0.4 is 5.32 Å². The summed E-state index contributed by atoms with van der Waals surface area (Å²) < 4.78 is 5.28. The SMILES string of the molecule is O=C(NC(C1CC1)C1CC1)N1CCC[C@@H]1C[C@@H](O)c1ccco1. The van der Waals surface area contributed by atoms with Crippen molar-refractivity contribution >= 4 is 6.03 Å². The first-order chi connectivity index (χ1) is 11.2. The van der Waals surface area contributed by atoms with Crippen LogP contribution in [0.2, 0.25) is 0 Å². The second kappa shape index (κ2) is 6.19. The van der Waals surface area contributed by atoms with Crippen LogP contribution in [0.25, 0.3) is 0 Å². The molecule has 2 atom stereocenters. The van der Waals surface area contributed by atoms with E-state index in [1.54, 1.807) is 18.4 Å². The smallest absolute Gasteiger partial charge is 0.317 e. The van der Waals surface area contributed by atoms with Crippen LogP contribution in [0.1, 0.15) is 56.8 Å². The fourth-order valence-corrected chi connectivity index (χ4v) is 3.96. The summed E-state index contributed by atoms with van der Waals surface area (Å²) in [5.41, 5.74) is 0. The van der Waals surface area contributed by atoms with Crippen LogP contribution in [0.15, 0.2) is 22.8 Å². The fraction of sp³-hybridized carbons (Fsp3) is 0.722. The zero-order chi connectivity index (χ0) is 15.8. The van der Waals surface area contributed by atoms with Crippen LogP contribution in [0, 0.1) is 11.8 Å². The monoisotopic (exact) mass is 318 g/mol. The Kier molecular flexibility index (Phi) is 4.05. The van der Waals surface area contributed by atoms with Crippen molar-refractivity contribution in [2.24, 2.45) is 11.8 Å². The maximum Gasteiger partial charge on any atom is 0.317 e. The number of likely N-dealkylation sites (tertiary alicyclic amines) is 1. The number of aliphatic hydroxyl groups excluding tert-OH is 1. The second-order valence-electron chi connectivity index (χ2n) is 7.41. The van der Waals surface area contributed by atoms with Crippen LogP contribution in [0.5, 0.6) is 0 Å². The van der Waals surface area contributed by atoms with Gasteiger partial charge in [-0.1, -0.05) is 0 Å². The van der Waals surface area contributed by atoms with Gasteiger partial charge in [0.05, 0.1) is 6.26 Å². The molecule has 126 valence electrons. The van der Waals surface area contributed by atoms with Crippen molar-refractivity contribution in [3.63, 3.8) is 0 Å². The van der Waals surface area contributed by atoms with E-state index in [1.165, 1.54) is 25.7 Å². The van der Waals surface area contributed by atoms with Crippen LogP contribution >= 0.6 is 0 Å². The molecule has 1 saturated heterocycles. The maximum atomic E-state index is 12.7. The Hall–Kier alpha value is -1.49. The van der Waals surface area contributed by atoms with Crippen molar-refractivity contribution in [3.8, 4) is 0 Å². The van der Waals surface area contributed by atoms with Gasteiger partial charge in [0.15, 0.2) is 0 Å². The summed E-state index contributed by atoms with van der Waals surface area (Å²) in [5, 5.41) is 13.6. The minimum Gasteiger partial charge on any atom is -0.467 e. The number of rotatable bonds is 6. The molecule has 0 bridgehead atoms. The van der Waals surface area contributed by atoms with E-state index in [1.807, 2.05) is 4.90 Å². The molecule has 2 aliphatic carbocycles. The first kappa shape index (κ1) is 15.1. The minimum absolute atomic E-state index is 0.0722. The lowest BCUT2D eigenvalue weighted by molar-refractivity contribution is 0.107. The van der Waals surface area contributed by atoms with E-state index in [4.69, 9.17) is 4.42 Å². The number of nitrogens with one attached hydrogen (secondary N) is 1. The van der Waals surface area contributed by atoms with Gasteiger partial charge in [-0.05, 0) is 62.5 Å². The Morgan fingerprint density at radius 3 is 2.65 bits per heavy atom. The van der Waals surface area contributed by atoms with Crippen molar-refractivity contribution in [2.75, 3.05) is 6.54 Å². The second-order valence-corrected chi connectivity index (χ2v) is 7.41. The number of urea groups is 1. The van der Waals surface area contributed by atoms with Gasteiger partial charge in [-0.15, -0.1) is 0 Å². The molecule has 0 aromatic carbocycles. The number of amides is 2. The molecule has 23 heavy (non-hydrogen) atoms. The molecule has 5 heteroatoms. The maximum absolute atomic E-state index is 12.7. The minimum atomic E-state index is -0.633. The molecule has 1 aliphatic heterocycles. The standard InChI is InChI=1S/C18H26N2O3/c21-15(16-4-2-10-23-16)11-14-3-1-9-20(14)18(22)19-17(12-5-6-12)13-7-8-13/h2,4,10,12-15,17,21H,1,3,5-9,11H2,(H,19,22)/t14-,15-/m1/s1. The Morgan fingerprint density at radius 1 is 1.30 bits per heavy atom. The van der Waals surface area contributed by atoms with Crippen LogP contribution in [-0.4, -0.2) is 34.7 Å². The third-order valence-corrected chi connectivity index (χ3v) is 5.55. The molecule has 3 aliphatic rings. The zero-order valence-electron chi connectivity index (χ0n) is 13.5. The molecule has 2 N–H and O–H groups in total. The Morgan fingerprint density at radius 2 is 2.04 bits per heavy atom. The largest absolute Gasteiger partial charge is 0.467 e. The van der Waals surface area contributed by atoms with Gasteiger partial charge in [0.25, 0.3) is 0 Å². The Labute approximate surface area is 137 Å². The van der Waals surface area contributed by atoms with E-state index in [2.05, 4.69) is 5.32 Å². The van der Waals surface area contributed by atoms with Crippen LogP contribution in [-0.2, 0) is 0 Å². The normalized spacial score (nSPS) is 25.8. The predicted molar refractivity (Wildman–Crippen MR) is 85.8 cm³/mol. The fourth-order valence-electron chi connectivity index (χ4n) is 3.96. The molecule has 2 amide bonds. The van der Waals surface area contributed by atoms with E-state index >= 15 is 0 Å². The number of carbonyl (C=O) groups excluding carboxylic acids is 1. The van der Waals surface area contributed by atoms with Crippen molar-refractivity contribution in [1.82, 2.24) is 10.2 Å². The average Bonchev–Trinajstić information content (AvgIpc) is 3.46. The quantitative estimate of drug-likeness (QED) is 0.847. The van der Waals surface area contributed by atoms with Crippen molar-refractivity contribution in [2.45, 2.75) is 63.1 Å². The zero-order valence-corrected chi connectivity index (χ0v) is 13.5. The molecule has 2 saturated carbocycles. The third-order valence-electron chi connectivity index (χ3n) is 5.55. The molecule has 3 fully saturated rings. The molecule has 4 rings (SSSR count). The summed E-state index contributed by atoms with van der Waals surface area (Å²) in [5.74, 6) is 2.01. The summed E-state index contributed by atoms with van der Waals surface area (Å²) in [6.45, 7) is 0.795. The Bertz CT molecular complexity index is 524. The van der Waals surface area contributed by atoms with Gasteiger partial charge < -0.3 is 19.7 Å². The highest BCUT2D eigenvalue weighted by molar-refractivity contribution is 5.75. The number of hydrogen-bond donors (Lipinski definition) is 2. The number of nitrogens with zero attached hydrogens (tertiary/aromatic N) is 1. The van der Waals surface area contributed by atoms with Crippen molar-refractivity contribution in [3.05, 3.63) is 24.2 Å². The van der Waals surface area contributed by atoms with Gasteiger partial charge in [0, 0.05) is 25.0 Å². The first-order valence-corrected chi connectivity index (χ1v) is 9.01. The van der Waals surface area contributed by atoms with Gasteiger partial charge in [0.1, 0.15) is 11.9 Å². The van der Waals surface area contributed by atoms with Gasteiger partial charge in [-0.3, -0.25) is 0 Å². The van der Waals surface area contributed by atoms with Crippen molar-refractivity contribution in [1.29, 1.82) is 0 Å². The Balaban J connectivity index is 1.35. The molecule has 5 nitrogen and oxygen atoms in total. The highest BCUT2D eigenvalue weighted by Gasteiger charge is 2.43. The van der Waals surface area contributed by atoms with Gasteiger partial charge in [-0.25, -0.2) is 4.79 Å². The van der Waals surface area contributed by atoms with Gasteiger partial charge in [-0.2, -0.15) is 0 Å². The topological polar surface area (TPSA) is 65.7 Å². The molecule has 1 aromatic heterocycles. The summed E-state index contributed by atoms with van der Waals surface area (Å²) in [6.07, 6.45) is 8.54. The van der Waals surface area contributed by atoms with Gasteiger partial charge >= 0.3 is 6.03 Å². The number of carbonyl (C=O) groups is 1. The highest BCUT2D eigenvalue weighted by Crippen LogP contribution is 2.44. The number of aliphatic hydroxyl groups is 1. The van der Waals surface area contributed by atoms with Crippen molar-refractivity contribution < 1.29 is 14.3 Å². The summed E-state index contributed by atoms with van der Waals surface area (Å²) in [6, 6.07) is 4.14. The molecule has 1 aromatic rings. The highest BCUT2D eigenvalue weighted by atomic mass is 16.4. The molecule has 2 heterocycles. The van der Waals surface area contributed by atoms with Gasteiger partial charge in [0.2, 0.25) is 0 Å². The summed E-state index contributed by atoms with van der Waals surface area (Å²) in [7, 11) is 0. The third kappa shape index (κ3) is 3.39. The summed E-state index contributed by atoms with van der Waals surface area (Å²) in [4.78, 5) is 14.6. The summed E-state index contributed by atoms with van der Waals surface area (Å²) >= 11 is 0.